The smallest absolute Gasteiger partial charge is 0.215 e. The zero-order valence-corrected chi connectivity index (χ0v) is 9.22. The summed E-state index contributed by atoms with van der Waals surface area (Å²) in [5, 5.41) is 0.233. The molecule has 0 radical (unpaired) electrons. The maximum absolute atomic E-state index is 13.1. The van der Waals surface area contributed by atoms with Crippen LogP contribution in [0.3, 0.4) is 0 Å². The van der Waals surface area contributed by atoms with E-state index in [9.17, 15) is 4.39 Å². The van der Waals surface area contributed by atoms with E-state index in [0.29, 0.717) is 17.0 Å². The van der Waals surface area contributed by atoms with Gasteiger partial charge in [0, 0.05) is 6.07 Å². The second-order valence-electron chi connectivity index (χ2n) is 4.26. The van der Waals surface area contributed by atoms with Crippen molar-refractivity contribution in [1.29, 1.82) is 0 Å². The fourth-order valence-electron chi connectivity index (χ4n) is 1.94. The number of nitrogens with two attached hydrogens (primary N) is 1. The van der Waals surface area contributed by atoms with Gasteiger partial charge in [0.15, 0.2) is 5.58 Å². The van der Waals surface area contributed by atoms with E-state index in [1.807, 2.05) is 0 Å². The molecular formula is C11H10ClFN2O. The molecule has 0 amide bonds. The van der Waals surface area contributed by atoms with E-state index in [1.165, 1.54) is 12.1 Å². The Hall–Kier alpha value is -1.13. The lowest BCUT2D eigenvalue weighted by atomic mass is 9.78. The van der Waals surface area contributed by atoms with Crippen LogP contribution in [0.2, 0.25) is 5.02 Å². The molecule has 2 aromatic rings. The molecule has 1 saturated carbocycles. The van der Waals surface area contributed by atoms with Crippen molar-refractivity contribution in [2.75, 3.05) is 0 Å². The second kappa shape index (κ2) is 3.18. The number of nitrogens with zero attached hydrogens (tertiary/aromatic N) is 1. The molecule has 0 unspecified atom stereocenters. The van der Waals surface area contributed by atoms with Gasteiger partial charge in [-0.3, -0.25) is 0 Å². The van der Waals surface area contributed by atoms with Crippen LogP contribution in [-0.4, -0.2) is 4.98 Å². The predicted octanol–water partition coefficient (Wildman–Crippen LogP) is 2.96. The number of aromatic nitrogens is 1. The van der Waals surface area contributed by atoms with E-state index in [0.717, 1.165) is 19.3 Å². The highest BCUT2D eigenvalue weighted by molar-refractivity contribution is 6.34. The van der Waals surface area contributed by atoms with Crippen LogP contribution >= 0.6 is 11.6 Å². The highest BCUT2D eigenvalue weighted by Crippen LogP contribution is 2.40. The number of hydrogen-bond acceptors (Lipinski definition) is 3. The molecule has 1 aromatic carbocycles. The molecule has 5 heteroatoms. The Balaban J connectivity index is 2.19. The van der Waals surface area contributed by atoms with Gasteiger partial charge >= 0.3 is 0 Å². The Kier molecular flexibility index (Phi) is 2.00. The van der Waals surface area contributed by atoms with Gasteiger partial charge in [-0.05, 0) is 25.3 Å². The van der Waals surface area contributed by atoms with Gasteiger partial charge in [0.05, 0.1) is 10.6 Å². The average Bonchev–Trinajstić information content (AvgIpc) is 2.58. The Bertz CT molecular complexity index is 562. The van der Waals surface area contributed by atoms with E-state index in [4.69, 9.17) is 21.8 Å². The molecule has 1 heterocycles. The van der Waals surface area contributed by atoms with Crippen LogP contribution < -0.4 is 5.73 Å². The molecule has 0 saturated heterocycles. The summed E-state index contributed by atoms with van der Waals surface area (Å²) in [5.74, 6) is 0.0401. The minimum Gasteiger partial charge on any atom is -0.437 e. The molecule has 0 spiro atoms. The SMILES string of the molecule is NC1(c2nc3cc(F)cc(Cl)c3o2)CCC1. The summed E-state index contributed by atoms with van der Waals surface area (Å²) in [6.07, 6.45) is 2.76. The third-order valence-electron chi connectivity index (χ3n) is 3.08. The van der Waals surface area contributed by atoms with E-state index >= 15 is 0 Å². The first-order valence-electron chi connectivity index (χ1n) is 5.13. The van der Waals surface area contributed by atoms with Crippen molar-refractivity contribution in [3.8, 4) is 0 Å². The lowest BCUT2D eigenvalue weighted by molar-refractivity contribution is 0.203. The van der Waals surface area contributed by atoms with Crippen molar-refractivity contribution in [3.63, 3.8) is 0 Å². The molecule has 2 N–H and O–H groups in total. The number of benzene rings is 1. The lowest BCUT2D eigenvalue weighted by Crippen LogP contribution is -2.43. The summed E-state index contributed by atoms with van der Waals surface area (Å²) < 4.78 is 18.6. The summed E-state index contributed by atoms with van der Waals surface area (Å²) in [4.78, 5) is 4.21. The van der Waals surface area contributed by atoms with Gasteiger partial charge in [0.2, 0.25) is 5.89 Å². The number of halogens is 2. The third-order valence-corrected chi connectivity index (χ3v) is 3.36. The van der Waals surface area contributed by atoms with Crippen LogP contribution in [0.25, 0.3) is 11.1 Å². The summed E-state index contributed by atoms with van der Waals surface area (Å²) in [6.45, 7) is 0. The Labute approximate surface area is 96.4 Å². The molecule has 3 nitrogen and oxygen atoms in total. The maximum Gasteiger partial charge on any atom is 0.215 e. The number of hydrogen-bond donors (Lipinski definition) is 1. The van der Waals surface area contributed by atoms with Gasteiger partial charge in [-0.1, -0.05) is 11.6 Å². The van der Waals surface area contributed by atoms with Crippen LogP contribution in [0.5, 0.6) is 0 Å². The highest BCUT2D eigenvalue weighted by atomic mass is 35.5. The zero-order chi connectivity index (χ0) is 11.3. The van der Waals surface area contributed by atoms with E-state index in [1.54, 1.807) is 0 Å². The Morgan fingerprint density at radius 3 is 2.81 bits per heavy atom. The Morgan fingerprint density at radius 1 is 1.44 bits per heavy atom. The summed E-state index contributed by atoms with van der Waals surface area (Å²) in [7, 11) is 0. The number of rotatable bonds is 1. The van der Waals surface area contributed by atoms with Gasteiger partial charge in [-0.15, -0.1) is 0 Å². The zero-order valence-electron chi connectivity index (χ0n) is 8.46. The van der Waals surface area contributed by atoms with Crippen molar-refractivity contribution in [2.24, 2.45) is 5.73 Å². The van der Waals surface area contributed by atoms with Crippen LogP contribution in [0, 0.1) is 5.82 Å². The quantitative estimate of drug-likeness (QED) is 0.834. The molecule has 0 bridgehead atoms. The van der Waals surface area contributed by atoms with Crippen molar-refractivity contribution in [3.05, 3.63) is 28.9 Å². The van der Waals surface area contributed by atoms with Gasteiger partial charge in [-0.2, -0.15) is 0 Å². The van der Waals surface area contributed by atoms with Crippen molar-refractivity contribution in [1.82, 2.24) is 4.98 Å². The Morgan fingerprint density at radius 2 is 2.19 bits per heavy atom. The summed E-state index contributed by atoms with van der Waals surface area (Å²) in [6, 6.07) is 2.51. The minimum absolute atomic E-state index is 0.233. The molecule has 3 rings (SSSR count). The normalized spacial score (nSPS) is 18.7. The van der Waals surface area contributed by atoms with Crippen molar-refractivity contribution < 1.29 is 8.81 Å². The fourth-order valence-corrected chi connectivity index (χ4v) is 2.18. The molecule has 16 heavy (non-hydrogen) atoms. The molecule has 1 fully saturated rings. The fraction of sp³-hybridized carbons (Fsp3) is 0.364. The molecule has 84 valence electrons. The molecule has 1 aromatic heterocycles. The topological polar surface area (TPSA) is 52.0 Å². The molecule has 0 atom stereocenters. The molecule has 1 aliphatic carbocycles. The number of fused-ring (bicyclic) bond motifs is 1. The van der Waals surface area contributed by atoms with Crippen LogP contribution in [-0.2, 0) is 5.54 Å². The van der Waals surface area contributed by atoms with Crippen molar-refractivity contribution in [2.45, 2.75) is 24.8 Å². The number of oxazole rings is 1. The first-order chi connectivity index (χ1) is 7.58. The first kappa shape index (κ1) is 10.1. The van der Waals surface area contributed by atoms with Crippen LogP contribution in [0.15, 0.2) is 16.5 Å². The predicted molar refractivity (Wildman–Crippen MR) is 58.7 cm³/mol. The highest BCUT2D eigenvalue weighted by Gasteiger charge is 2.39. The molecular weight excluding hydrogens is 231 g/mol. The summed E-state index contributed by atoms with van der Waals surface area (Å²) >= 11 is 5.87. The average molecular weight is 241 g/mol. The maximum atomic E-state index is 13.1. The standard InChI is InChI=1S/C11H10ClFN2O/c12-7-4-6(13)5-8-9(7)16-10(15-8)11(14)2-1-3-11/h4-5H,1-3,14H2. The minimum atomic E-state index is -0.487. The van der Waals surface area contributed by atoms with Crippen LogP contribution in [0.4, 0.5) is 4.39 Å². The van der Waals surface area contributed by atoms with Crippen LogP contribution in [0.1, 0.15) is 25.2 Å². The van der Waals surface area contributed by atoms with E-state index in [-0.39, 0.29) is 5.02 Å². The largest absolute Gasteiger partial charge is 0.437 e. The summed E-state index contributed by atoms with van der Waals surface area (Å²) in [5.41, 5.74) is 6.44. The first-order valence-corrected chi connectivity index (χ1v) is 5.51. The van der Waals surface area contributed by atoms with E-state index in [2.05, 4.69) is 4.98 Å². The lowest BCUT2D eigenvalue weighted by Gasteiger charge is -2.34. The molecule has 1 aliphatic rings. The van der Waals surface area contributed by atoms with Gasteiger partial charge in [0.25, 0.3) is 0 Å². The van der Waals surface area contributed by atoms with Gasteiger partial charge in [-0.25, -0.2) is 9.37 Å². The molecule has 0 aliphatic heterocycles. The van der Waals surface area contributed by atoms with Gasteiger partial charge < -0.3 is 10.2 Å². The van der Waals surface area contributed by atoms with Crippen molar-refractivity contribution >= 4 is 22.7 Å². The second-order valence-corrected chi connectivity index (χ2v) is 4.67. The van der Waals surface area contributed by atoms with Gasteiger partial charge in [0.1, 0.15) is 11.3 Å². The monoisotopic (exact) mass is 240 g/mol. The van der Waals surface area contributed by atoms with E-state index < -0.39 is 11.4 Å². The third kappa shape index (κ3) is 1.33.